The molecule has 16 heavy (non-hydrogen) atoms. The van der Waals surface area contributed by atoms with Gasteiger partial charge in [-0.3, -0.25) is 4.79 Å². The van der Waals surface area contributed by atoms with E-state index in [4.69, 9.17) is 10.2 Å². The molecule has 0 saturated heterocycles. The van der Waals surface area contributed by atoms with Crippen molar-refractivity contribution in [3.63, 3.8) is 0 Å². The molecule has 0 radical (unpaired) electrons. The number of pyridine rings is 1. The van der Waals surface area contributed by atoms with E-state index >= 15 is 0 Å². The van der Waals surface area contributed by atoms with Gasteiger partial charge in [-0.15, -0.1) is 0 Å². The molecule has 0 atom stereocenters. The van der Waals surface area contributed by atoms with E-state index in [2.05, 4.69) is 10.3 Å². The number of carbonyl (C=O) groups excluding carboxylic acids is 1. The summed E-state index contributed by atoms with van der Waals surface area (Å²) in [6.07, 6.45) is 3.06. The first kappa shape index (κ1) is 10.2. The number of rotatable bonds is 3. The molecule has 3 N–H and O–H groups in total. The minimum Gasteiger partial charge on any atom is -0.467 e. The Kier molecular flexibility index (Phi) is 2.86. The van der Waals surface area contributed by atoms with Crippen LogP contribution in [0.3, 0.4) is 0 Å². The summed E-state index contributed by atoms with van der Waals surface area (Å²) in [6.45, 7) is 0.355. The molecule has 0 bridgehead atoms. The molecule has 0 fully saturated rings. The SMILES string of the molecule is Nc1cc(C(=O)NCc2ccco2)ccn1. The van der Waals surface area contributed by atoms with Gasteiger partial charge in [0.15, 0.2) is 0 Å². The van der Waals surface area contributed by atoms with E-state index in [1.54, 1.807) is 24.5 Å². The number of nitrogens with two attached hydrogens (primary N) is 1. The van der Waals surface area contributed by atoms with Gasteiger partial charge in [0.2, 0.25) is 0 Å². The molecule has 1 amide bonds. The third kappa shape index (κ3) is 2.38. The Bertz CT molecular complexity index is 480. The van der Waals surface area contributed by atoms with Gasteiger partial charge in [0.1, 0.15) is 11.6 Å². The number of furan rings is 1. The molecule has 0 aliphatic heterocycles. The maximum absolute atomic E-state index is 11.7. The van der Waals surface area contributed by atoms with Crippen LogP contribution in [0.4, 0.5) is 5.82 Å². The highest BCUT2D eigenvalue weighted by atomic mass is 16.3. The highest BCUT2D eigenvalue weighted by molar-refractivity contribution is 5.94. The highest BCUT2D eigenvalue weighted by Crippen LogP contribution is 2.04. The van der Waals surface area contributed by atoms with E-state index in [1.165, 1.54) is 12.3 Å². The maximum atomic E-state index is 11.7. The summed E-state index contributed by atoms with van der Waals surface area (Å²) in [5, 5.41) is 2.71. The Labute approximate surface area is 92.3 Å². The highest BCUT2D eigenvalue weighted by Gasteiger charge is 2.06. The van der Waals surface area contributed by atoms with Crippen LogP contribution in [-0.4, -0.2) is 10.9 Å². The lowest BCUT2D eigenvalue weighted by molar-refractivity contribution is 0.0948. The molecule has 0 aliphatic carbocycles. The molecule has 2 heterocycles. The average molecular weight is 217 g/mol. The summed E-state index contributed by atoms with van der Waals surface area (Å²) in [4.78, 5) is 15.5. The van der Waals surface area contributed by atoms with E-state index in [9.17, 15) is 4.79 Å². The Balaban J connectivity index is 1.98. The van der Waals surface area contributed by atoms with Crippen molar-refractivity contribution in [2.45, 2.75) is 6.54 Å². The largest absolute Gasteiger partial charge is 0.467 e. The monoisotopic (exact) mass is 217 g/mol. The first-order valence-electron chi connectivity index (χ1n) is 4.78. The number of nitrogen functional groups attached to an aromatic ring is 1. The van der Waals surface area contributed by atoms with Gasteiger partial charge in [-0.1, -0.05) is 0 Å². The topological polar surface area (TPSA) is 81.2 Å². The van der Waals surface area contributed by atoms with Gasteiger partial charge in [0, 0.05) is 11.8 Å². The normalized spacial score (nSPS) is 10.0. The van der Waals surface area contributed by atoms with Crippen molar-refractivity contribution in [1.29, 1.82) is 0 Å². The smallest absolute Gasteiger partial charge is 0.251 e. The summed E-state index contributed by atoms with van der Waals surface area (Å²) in [7, 11) is 0. The number of nitrogens with one attached hydrogen (secondary N) is 1. The van der Waals surface area contributed by atoms with Gasteiger partial charge in [-0.05, 0) is 24.3 Å². The first-order chi connectivity index (χ1) is 7.75. The summed E-state index contributed by atoms with van der Waals surface area (Å²) in [5.74, 6) is 0.825. The molecule has 0 unspecified atom stereocenters. The van der Waals surface area contributed by atoms with Crippen molar-refractivity contribution in [1.82, 2.24) is 10.3 Å². The second-order valence-electron chi connectivity index (χ2n) is 3.23. The maximum Gasteiger partial charge on any atom is 0.251 e. The van der Waals surface area contributed by atoms with Crippen LogP contribution in [0.5, 0.6) is 0 Å². The van der Waals surface area contributed by atoms with Crippen LogP contribution in [0.2, 0.25) is 0 Å². The number of hydrogen-bond acceptors (Lipinski definition) is 4. The zero-order valence-corrected chi connectivity index (χ0v) is 8.51. The Morgan fingerprint density at radius 3 is 3.06 bits per heavy atom. The molecule has 0 saturated carbocycles. The van der Waals surface area contributed by atoms with Crippen molar-refractivity contribution in [3.05, 3.63) is 48.0 Å². The second-order valence-corrected chi connectivity index (χ2v) is 3.23. The van der Waals surface area contributed by atoms with Gasteiger partial charge in [0.05, 0.1) is 12.8 Å². The fourth-order valence-electron chi connectivity index (χ4n) is 1.27. The van der Waals surface area contributed by atoms with E-state index in [-0.39, 0.29) is 5.91 Å². The van der Waals surface area contributed by atoms with E-state index < -0.39 is 0 Å². The van der Waals surface area contributed by atoms with Crippen LogP contribution in [-0.2, 0) is 6.54 Å². The molecule has 0 spiro atoms. The number of anilines is 1. The molecule has 0 aromatic carbocycles. The Morgan fingerprint density at radius 1 is 1.50 bits per heavy atom. The molecular weight excluding hydrogens is 206 g/mol. The number of aromatic nitrogens is 1. The van der Waals surface area contributed by atoms with Crippen LogP contribution >= 0.6 is 0 Å². The van der Waals surface area contributed by atoms with E-state index in [0.717, 1.165) is 0 Å². The summed E-state index contributed by atoms with van der Waals surface area (Å²) < 4.78 is 5.09. The van der Waals surface area contributed by atoms with Crippen LogP contribution in [0, 0.1) is 0 Å². The van der Waals surface area contributed by atoms with Gasteiger partial charge in [-0.25, -0.2) is 4.98 Å². The lowest BCUT2D eigenvalue weighted by Crippen LogP contribution is -2.22. The number of nitrogens with zero attached hydrogens (tertiary/aromatic N) is 1. The van der Waals surface area contributed by atoms with Crippen molar-refractivity contribution < 1.29 is 9.21 Å². The minimum absolute atomic E-state index is 0.203. The Hall–Kier alpha value is -2.30. The third-order valence-electron chi connectivity index (χ3n) is 2.05. The summed E-state index contributed by atoms with van der Waals surface area (Å²) in [5.41, 5.74) is 5.96. The zero-order valence-electron chi connectivity index (χ0n) is 8.51. The fraction of sp³-hybridized carbons (Fsp3) is 0.0909. The molecule has 5 heteroatoms. The molecule has 2 rings (SSSR count). The lowest BCUT2D eigenvalue weighted by Gasteiger charge is -2.03. The molecule has 0 aliphatic rings. The van der Waals surface area contributed by atoms with Gasteiger partial charge in [0.25, 0.3) is 5.91 Å². The van der Waals surface area contributed by atoms with Crippen LogP contribution in [0.25, 0.3) is 0 Å². The fourth-order valence-corrected chi connectivity index (χ4v) is 1.27. The first-order valence-corrected chi connectivity index (χ1v) is 4.78. The van der Waals surface area contributed by atoms with Gasteiger partial charge in [-0.2, -0.15) is 0 Å². The quantitative estimate of drug-likeness (QED) is 0.809. The predicted octanol–water partition coefficient (Wildman–Crippen LogP) is 1.19. The van der Waals surface area contributed by atoms with Crippen LogP contribution < -0.4 is 11.1 Å². The summed E-state index contributed by atoms with van der Waals surface area (Å²) >= 11 is 0. The molecule has 2 aromatic heterocycles. The molecular formula is C11H11N3O2. The van der Waals surface area contributed by atoms with Crippen LogP contribution in [0.15, 0.2) is 41.1 Å². The number of carbonyl (C=O) groups is 1. The molecule has 5 nitrogen and oxygen atoms in total. The predicted molar refractivity (Wildman–Crippen MR) is 58.5 cm³/mol. The van der Waals surface area contributed by atoms with Crippen molar-refractivity contribution >= 4 is 11.7 Å². The number of amides is 1. The van der Waals surface area contributed by atoms with Crippen LogP contribution in [0.1, 0.15) is 16.1 Å². The van der Waals surface area contributed by atoms with E-state index in [1.807, 2.05) is 0 Å². The standard InChI is InChI=1S/C11H11N3O2/c12-10-6-8(3-4-13-10)11(15)14-7-9-2-1-5-16-9/h1-6H,7H2,(H2,12,13)(H,14,15). The number of hydrogen-bond donors (Lipinski definition) is 2. The molecule has 2 aromatic rings. The molecule has 82 valence electrons. The Morgan fingerprint density at radius 2 is 2.38 bits per heavy atom. The third-order valence-corrected chi connectivity index (χ3v) is 2.05. The van der Waals surface area contributed by atoms with Gasteiger partial charge >= 0.3 is 0 Å². The average Bonchev–Trinajstić information content (AvgIpc) is 2.78. The lowest BCUT2D eigenvalue weighted by atomic mass is 10.2. The minimum atomic E-state index is -0.203. The van der Waals surface area contributed by atoms with Crippen molar-refractivity contribution in [2.24, 2.45) is 0 Å². The zero-order chi connectivity index (χ0) is 11.4. The van der Waals surface area contributed by atoms with Crippen molar-refractivity contribution in [2.75, 3.05) is 5.73 Å². The van der Waals surface area contributed by atoms with Crippen molar-refractivity contribution in [3.8, 4) is 0 Å². The summed E-state index contributed by atoms with van der Waals surface area (Å²) in [6, 6.07) is 6.69. The second kappa shape index (κ2) is 4.48. The van der Waals surface area contributed by atoms with Gasteiger partial charge < -0.3 is 15.5 Å². The van der Waals surface area contributed by atoms with E-state index in [0.29, 0.717) is 23.7 Å².